The lowest BCUT2D eigenvalue weighted by Crippen LogP contribution is -2.45. The SMILES string of the molecule is C[C@]12CCC[C@@]1(C)[C@H]1CC(=O)C[C@]2(C)[C@@H]1O. The molecule has 0 aromatic heterocycles. The van der Waals surface area contributed by atoms with Crippen LogP contribution in [0.1, 0.15) is 52.9 Å². The Hall–Kier alpha value is -0.370. The minimum absolute atomic E-state index is 0.163. The highest BCUT2D eigenvalue weighted by molar-refractivity contribution is 5.81. The van der Waals surface area contributed by atoms with Crippen LogP contribution < -0.4 is 0 Å². The molecule has 3 rings (SSSR count). The van der Waals surface area contributed by atoms with Gasteiger partial charge in [0.1, 0.15) is 5.78 Å². The molecule has 3 aliphatic rings. The first-order valence-electron chi connectivity index (χ1n) is 6.55. The summed E-state index contributed by atoms with van der Waals surface area (Å²) in [5.41, 5.74) is 0.182. The smallest absolute Gasteiger partial charge is 0.133 e. The fourth-order valence-electron chi connectivity index (χ4n) is 5.39. The molecule has 2 heteroatoms. The van der Waals surface area contributed by atoms with Crippen molar-refractivity contribution in [2.45, 2.75) is 59.0 Å². The van der Waals surface area contributed by atoms with Crippen LogP contribution in [0.5, 0.6) is 0 Å². The van der Waals surface area contributed by atoms with Gasteiger partial charge in [-0.25, -0.2) is 0 Å². The maximum atomic E-state index is 11.9. The lowest BCUT2D eigenvalue weighted by atomic mass is 9.59. The monoisotopic (exact) mass is 222 g/mol. The minimum Gasteiger partial charge on any atom is -0.392 e. The molecule has 3 fully saturated rings. The minimum atomic E-state index is -0.263. The molecular formula is C14H22O2. The molecule has 0 aromatic rings. The van der Waals surface area contributed by atoms with Gasteiger partial charge in [-0.1, -0.05) is 27.2 Å². The molecule has 0 heterocycles. The van der Waals surface area contributed by atoms with E-state index in [1.807, 2.05) is 0 Å². The molecule has 0 radical (unpaired) electrons. The van der Waals surface area contributed by atoms with Gasteiger partial charge in [-0.2, -0.15) is 0 Å². The van der Waals surface area contributed by atoms with Gasteiger partial charge in [0.05, 0.1) is 6.10 Å². The van der Waals surface area contributed by atoms with Crippen LogP contribution in [0.4, 0.5) is 0 Å². The normalized spacial score (nSPS) is 60.1. The predicted molar refractivity (Wildman–Crippen MR) is 61.9 cm³/mol. The summed E-state index contributed by atoms with van der Waals surface area (Å²) in [5.74, 6) is 0.584. The number of hydrogen-bond acceptors (Lipinski definition) is 2. The largest absolute Gasteiger partial charge is 0.392 e. The van der Waals surface area contributed by atoms with Crippen LogP contribution in [-0.2, 0) is 4.79 Å². The van der Waals surface area contributed by atoms with Gasteiger partial charge in [0.2, 0.25) is 0 Å². The van der Waals surface area contributed by atoms with E-state index in [4.69, 9.17) is 0 Å². The first kappa shape index (κ1) is 10.8. The quantitative estimate of drug-likeness (QED) is 0.684. The standard InChI is InChI=1S/C14H22O2/c1-12-5-4-6-14(12,3)13(2)8-9(15)7-10(12)11(13)16/h10-11,16H,4-8H2,1-3H3/t10-,11+,12-,13+,14-/m0/s1. The predicted octanol–water partition coefficient (Wildman–Crippen LogP) is 2.54. The van der Waals surface area contributed by atoms with Crippen molar-refractivity contribution < 1.29 is 9.90 Å². The lowest BCUT2D eigenvalue weighted by Gasteiger charge is -2.45. The fourth-order valence-corrected chi connectivity index (χ4v) is 5.39. The van der Waals surface area contributed by atoms with E-state index >= 15 is 0 Å². The molecule has 5 atom stereocenters. The van der Waals surface area contributed by atoms with E-state index in [0.717, 1.165) is 0 Å². The summed E-state index contributed by atoms with van der Waals surface area (Å²) in [6.07, 6.45) is 4.58. The first-order chi connectivity index (χ1) is 7.35. The molecule has 3 saturated carbocycles. The van der Waals surface area contributed by atoms with Gasteiger partial charge < -0.3 is 5.11 Å². The summed E-state index contributed by atoms with van der Waals surface area (Å²) in [5, 5.41) is 10.6. The first-order valence-corrected chi connectivity index (χ1v) is 6.55. The number of carbonyl (C=O) groups is 1. The molecule has 0 aliphatic heterocycles. The van der Waals surface area contributed by atoms with E-state index in [0.29, 0.717) is 18.6 Å². The molecule has 0 unspecified atom stereocenters. The van der Waals surface area contributed by atoms with E-state index in [-0.39, 0.29) is 28.3 Å². The van der Waals surface area contributed by atoms with Crippen LogP contribution in [0.3, 0.4) is 0 Å². The van der Waals surface area contributed by atoms with Gasteiger partial charge in [0.25, 0.3) is 0 Å². The Morgan fingerprint density at radius 2 is 1.88 bits per heavy atom. The lowest BCUT2D eigenvalue weighted by molar-refractivity contribution is -0.132. The molecule has 2 nitrogen and oxygen atoms in total. The number of Topliss-reactive ketones (excluding diaryl/α,β-unsaturated/α-hetero) is 1. The summed E-state index contributed by atoms with van der Waals surface area (Å²) < 4.78 is 0. The van der Waals surface area contributed by atoms with Crippen molar-refractivity contribution in [3.63, 3.8) is 0 Å². The van der Waals surface area contributed by atoms with E-state index in [9.17, 15) is 9.90 Å². The van der Waals surface area contributed by atoms with Crippen molar-refractivity contribution in [3.8, 4) is 0 Å². The second kappa shape index (κ2) is 2.72. The summed E-state index contributed by atoms with van der Waals surface area (Å²) >= 11 is 0. The van der Waals surface area contributed by atoms with E-state index in [2.05, 4.69) is 20.8 Å². The molecule has 0 amide bonds. The topological polar surface area (TPSA) is 37.3 Å². The molecule has 0 spiro atoms. The maximum Gasteiger partial charge on any atom is 0.133 e. The molecule has 3 aliphatic carbocycles. The summed E-state index contributed by atoms with van der Waals surface area (Å²) in [6.45, 7) is 6.79. The second-order valence-corrected chi connectivity index (χ2v) is 6.99. The number of rotatable bonds is 0. The molecule has 0 saturated heterocycles. The van der Waals surface area contributed by atoms with Gasteiger partial charge in [0.15, 0.2) is 0 Å². The zero-order valence-electron chi connectivity index (χ0n) is 10.5. The number of ketones is 1. The van der Waals surface area contributed by atoms with Crippen LogP contribution in [0.15, 0.2) is 0 Å². The summed E-state index contributed by atoms with van der Waals surface area (Å²) in [4.78, 5) is 11.9. The summed E-state index contributed by atoms with van der Waals surface area (Å²) in [7, 11) is 0. The Kier molecular flexibility index (Phi) is 1.83. The Bertz CT molecular complexity index is 364. The van der Waals surface area contributed by atoms with Crippen molar-refractivity contribution in [2.24, 2.45) is 22.2 Å². The van der Waals surface area contributed by atoms with E-state index in [1.165, 1.54) is 19.3 Å². The Labute approximate surface area is 97.4 Å². The molecular weight excluding hydrogens is 200 g/mol. The van der Waals surface area contributed by atoms with Crippen molar-refractivity contribution in [1.82, 2.24) is 0 Å². The van der Waals surface area contributed by atoms with Crippen molar-refractivity contribution >= 4 is 5.78 Å². The van der Waals surface area contributed by atoms with Crippen molar-refractivity contribution in [2.75, 3.05) is 0 Å². The van der Waals surface area contributed by atoms with Crippen molar-refractivity contribution in [3.05, 3.63) is 0 Å². The molecule has 90 valence electrons. The molecule has 1 N–H and O–H groups in total. The highest BCUT2D eigenvalue weighted by Crippen LogP contribution is 2.75. The summed E-state index contributed by atoms with van der Waals surface area (Å²) in [6, 6.07) is 0. The molecule has 16 heavy (non-hydrogen) atoms. The average molecular weight is 222 g/mol. The zero-order valence-corrected chi connectivity index (χ0v) is 10.5. The van der Waals surface area contributed by atoms with Crippen LogP contribution in [0.2, 0.25) is 0 Å². The third kappa shape index (κ3) is 0.848. The average Bonchev–Trinajstić information content (AvgIpc) is 2.53. The number of fused-ring (bicyclic) bond motifs is 5. The number of aliphatic hydroxyl groups excluding tert-OH is 1. The Morgan fingerprint density at radius 3 is 2.56 bits per heavy atom. The number of aliphatic hydroxyl groups is 1. The Morgan fingerprint density at radius 1 is 1.19 bits per heavy atom. The van der Waals surface area contributed by atoms with Crippen molar-refractivity contribution in [1.29, 1.82) is 0 Å². The number of carbonyl (C=O) groups excluding carboxylic acids is 1. The van der Waals surface area contributed by atoms with Gasteiger partial charge >= 0.3 is 0 Å². The third-order valence-corrected chi connectivity index (χ3v) is 6.76. The van der Waals surface area contributed by atoms with Gasteiger partial charge in [-0.15, -0.1) is 0 Å². The maximum absolute atomic E-state index is 11.9. The highest BCUT2D eigenvalue weighted by atomic mass is 16.3. The fraction of sp³-hybridized carbons (Fsp3) is 0.929. The second-order valence-electron chi connectivity index (χ2n) is 6.99. The van der Waals surface area contributed by atoms with Crippen LogP contribution >= 0.6 is 0 Å². The van der Waals surface area contributed by atoms with Crippen LogP contribution in [0.25, 0.3) is 0 Å². The van der Waals surface area contributed by atoms with E-state index in [1.54, 1.807) is 0 Å². The van der Waals surface area contributed by atoms with Gasteiger partial charge in [-0.3, -0.25) is 4.79 Å². The highest BCUT2D eigenvalue weighted by Gasteiger charge is 2.73. The van der Waals surface area contributed by atoms with E-state index < -0.39 is 0 Å². The molecule has 2 bridgehead atoms. The van der Waals surface area contributed by atoms with Crippen LogP contribution in [-0.4, -0.2) is 17.0 Å². The Balaban J connectivity index is 2.19. The zero-order chi connectivity index (χ0) is 11.8. The molecule has 0 aromatic carbocycles. The van der Waals surface area contributed by atoms with Gasteiger partial charge in [0, 0.05) is 18.3 Å². The van der Waals surface area contributed by atoms with Gasteiger partial charge in [-0.05, 0) is 29.6 Å². The third-order valence-electron chi connectivity index (χ3n) is 6.76. The number of hydrogen-bond donors (Lipinski definition) is 1. The van der Waals surface area contributed by atoms with Crippen LogP contribution in [0, 0.1) is 22.2 Å².